The minimum atomic E-state index is 0.0218. The molecule has 1 aliphatic heterocycles. The number of aromatic amines is 1. The SMILES string of the molecule is O=c1c2c(-c3ccccc3)[nH]c3ccccc3nc-2c2ccccc12. The van der Waals surface area contributed by atoms with E-state index in [1.54, 1.807) is 0 Å². The van der Waals surface area contributed by atoms with Gasteiger partial charge in [0, 0.05) is 10.8 Å². The van der Waals surface area contributed by atoms with Gasteiger partial charge in [0.25, 0.3) is 0 Å². The fourth-order valence-electron chi connectivity index (χ4n) is 3.43. The number of hydrogen-bond acceptors (Lipinski definition) is 2. The average molecular weight is 322 g/mol. The Morgan fingerprint density at radius 2 is 1.40 bits per heavy atom. The smallest absolute Gasteiger partial charge is 0.198 e. The Morgan fingerprint density at radius 3 is 2.24 bits per heavy atom. The van der Waals surface area contributed by atoms with Crippen LogP contribution in [0.3, 0.4) is 0 Å². The zero-order valence-corrected chi connectivity index (χ0v) is 13.4. The first-order valence-electron chi connectivity index (χ1n) is 8.22. The molecule has 0 atom stereocenters. The molecule has 2 aliphatic rings. The molecule has 1 N–H and O–H groups in total. The molecule has 3 heteroatoms. The molecule has 0 unspecified atom stereocenters. The van der Waals surface area contributed by atoms with Crippen molar-refractivity contribution in [3.8, 4) is 22.5 Å². The summed E-state index contributed by atoms with van der Waals surface area (Å²) in [6, 6.07) is 25.5. The van der Waals surface area contributed by atoms with Crippen LogP contribution in [0.5, 0.6) is 0 Å². The summed E-state index contributed by atoms with van der Waals surface area (Å²) in [6.45, 7) is 0. The summed E-state index contributed by atoms with van der Waals surface area (Å²) in [7, 11) is 0. The number of fused-ring (bicyclic) bond motifs is 4. The predicted molar refractivity (Wildman–Crippen MR) is 102 cm³/mol. The number of benzene rings is 3. The number of aromatic nitrogens is 2. The van der Waals surface area contributed by atoms with E-state index in [1.807, 2.05) is 78.9 Å². The summed E-state index contributed by atoms with van der Waals surface area (Å²) in [5.74, 6) is 0. The van der Waals surface area contributed by atoms with Crippen LogP contribution in [0.1, 0.15) is 0 Å². The van der Waals surface area contributed by atoms with Crippen LogP contribution in [0, 0.1) is 0 Å². The maximum Gasteiger partial charge on any atom is 0.198 e. The molecule has 0 spiro atoms. The van der Waals surface area contributed by atoms with Gasteiger partial charge in [0.05, 0.1) is 28.0 Å². The van der Waals surface area contributed by atoms with Gasteiger partial charge in [0.1, 0.15) is 0 Å². The lowest BCUT2D eigenvalue weighted by Gasteiger charge is -2.03. The van der Waals surface area contributed by atoms with E-state index in [0.29, 0.717) is 10.9 Å². The Kier molecular flexibility index (Phi) is 2.94. The first kappa shape index (κ1) is 13.9. The first-order chi connectivity index (χ1) is 12.3. The normalized spacial score (nSPS) is 11.4. The fourth-order valence-corrected chi connectivity index (χ4v) is 3.43. The minimum Gasteiger partial charge on any atom is -0.353 e. The van der Waals surface area contributed by atoms with Crippen LogP contribution in [0.25, 0.3) is 44.3 Å². The van der Waals surface area contributed by atoms with E-state index in [9.17, 15) is 4.79 Å². The first-order valence-corrected chi connectivity index (χ1v) is 8.22. The third-order valence-electron chi connectivity index (χ3n) is 4.60. The Bertz CT molecular complexity index is 1260. The second-order valence-corrected chi connectivity index (χ2v) is 6.09. The maximum absolute atomic E-state index is 13.1. The van der Waals surface area contributed by atoms with Crippen LogP contribution in [0.4, 0.5) is 0 Å². The van der Waals surface area contributed by atoms with Gasteiger partial charge in [0.2, 0.25) is 0 Å². The van der Waals surface area contributed by atoms with Crippen molar-refractivity contribution >= 4 is 21.8 Å². The summed E-state index contributed by atoms with van der Waals surface area (Å²) >= 11 is 0. The lowest BCUT2D eigenvalue weighted by molar-refractivity contribution is 1.42. The summed E-state index contributed by atoms with van der Waals surface area (Å²) in [5.41, 5.74) is 4.94. The van der Waals surface area contributed by atoms with Crippen molar-refractivity contribution in [1.82, 2.24) is 9.97 Å². The molecule has 3 nitrogen and oxygen atoms in total. The van der Waals surface area contributed by atoms with Crippen LogP contribution in [0.15, 0.2) is 83.7 Å². The van der Waals surface area contributed by atoms with Gasteiger partial charge in [0.15, 0.2) is 5.43 Å². The molecule has 3 aromatic carbocycles. The number of nitrogens with one attached hydrogen (secondary N) is 1. The lowest BCUT2D eigenvalue weighted by Crippen LogP contribution is -1.99. The lowest BCUT2D eigenvalue weighted by atomic mass is 10.1. The number of rotatable bonds is 1. The van der Waals surface area contributed by atoms with Crippen LogP contribution >= 0.6 is 0 Å². The highest BCUT2D eigenvalue weighted by Crippen LogP contribution is 2.34. The maximum atomic E-state index is 13.1. The van der Waals surface area contributed by atoms with E-state index in [4.69, 9.17) is 4.98 Å². The van der Waals surface area contributed by atoms with Crippen molar-refractivity contribution < 1.29 is 0 Å². The van der Waals surface area contributed by atoms with Crippen molar-refractivity contribution in [2.24, 2.45) is 0 Å². The second kappa shape index (κ2) is 5.28. The van der Waals surface area contributed by atoms with E-state index < -0.39 is 0 Å². The molecule has 0 saturated heterocycles. The standard InChI is InChI=1S/C22H14N2O/c25-22-16-11-5-4-10-15(16)21-19(22)20(14-8-2-1-3-9-14)23-17-12-6-7-13-18(17)24-21/h1-13,23H. The Labute approximate surface area is 143 Å². The summed E-state index contributed by atoms with van der Waals surface area (Å²) < 4.78 is 0. The van der Waals surface area contributed by atoms with Crippen molar-refractivity contribution in [1.29, 1.82) is 0 Å². The van der Waals surface area contributed by atoms with Crippen molar-refractivity contribution in [3.05, 3.63) is 89.1 Å². The van der Waals surface area contributed by atoms with E-state index in [1.165, 1.54) is 0 Å². The third kappa shape index (κ3) is 2.06. The van der Waals surface area contributed by atoms with Gasteiger partial charge >= 0.3 is 0 Å². The van der Waals surface area contributed by atoms with Gasteiger partial charge in [-0.15, -0.1) is 0 Å². The zero-order chi connectivity index (χ0) is 16.8. The monoisotopic (exact) mass is 322 g/mol. The molecule has 0 bridgehead atoms. The third-order valence-corrected chi connectivity index (χ3v) is 4.60. The van der Waals surface area contributed by atoms with Gasteiger partial charge in [-0.1, -0.05) is 66.7 Å². The molecular weight excluding hydrogens is 308 g/mol. The number of H-pyrrole nitrogens is 1. The Balaban J connectivity index is 2.06. The Morgan fingerprint density at radius 1 is 0.720 bits per heavy atom. The van der Waals surface area contributed by atoms with E-state index in [-0.39, 0.29) is 5.43 Å². The molecule has 3 aromatic rings. The fraction of sp³-hybridized carbons (Fsp3) is 0. The molecule has 5 rings (SSSR count). The number of para-hydroxylation sites is 2. The highest BCUT2D eigenvalue weighted by molar-refractivity contribution is 6.05. The van der Waals surface area contributed by atoms with Gasteiger partial charge in [-0.05, 0) is 17.7 Å². The van der Waals surface area contributed by atoms with Gasteiger partial charge in [-0.2, -0.15) is 0 Å². The molecule has 1 aliphatic carbocycles. The van der Waals surface area contributed by atoms with Crippen molar-refractivity contribution in [2.75, 3.05) is 0 Å². The summed E-state index contributed by atoms with van der Waals surface area (Å²) in [5, 5.41) is 1.61. The van der Waals surface area contributed by atoms with E-state index >= 15 is 0 Å². The summed E-state index contributed by atoms with van der Waals surface area (Å²) in [6.07, 6.45) is 0. The molecule has 0 fully saturated rings. The molecular formula is C22H14N2O. The largest absolute Gasteiger partial charge is 0.353 e. The van der Waals surface area contributed by atoms with Crippen LogP contribution < -0.4 is 5.43 Å². The van der Waals surface area contributed by atoms with Gasteiger partial charge in [-0.25, -0.2) is 4.98 Å². The quantitative estimate of drug-likeness (QED) is 0.479. The van der Waals surface area contributed by atoms with Crippen LogP contribution in [-0.2, 0) is 0 Å². The molecule has 0 saturated carbocycles. The number of hydrogen-bond donors (Lipinski definition) is 1. The van der Waals surface area contributed by atoms with Gasteiger partial charge in [-0.3, -0.25) is 4.79 Å². The van der Waals surface area contributed by atoms with E-state index in [2.05, 4.69) is 4.98 Å². The molecule has 0 aromatic heterocycles. The van der Waals surface area contributed by atoms with Crippen LogP contribution in [0.2, 0.25) is 0 Å². The molecule has 1 heterocycles. The minimum absolute atomic E-state index is 0.0218. The Hall–Kier alpha value is -3.46. The average Bonchev–Trinajstić information content (AvgIpc) is 2.84. The zero-order valence-electron chi connectivity index (χ0n) is 13.4. The van der Waals surface area contributed by atoms with Crippen LogP contribution in [-0.4, -0.2) is 9.97 Å². The van der Waals surface area contributed by atoms with Gasteiger partial charge < -0.3 is 4.98 Å². The second-order valence-electron chi connectivity index (χ2n) is 6.09. The molecule has 118 valence electrons. The van der Waals surface area contributed by atoms with E-state index in [0.717, 1.165) is 33.4 Å². The molecule has 25 heavy (non-hydrogen) atoms. The number of nitrogens with zero attached hydrogens (tertiary/aromatic N) is 1. The molecule has 0 radical (unpaired) electrons. The summed E-state index contributed by atoms with van der Waals surface area (Å²) in [4.78, 5) is 21.4. The predicted octanol–water partition coefficient (Wildman–Crippen LogP) is 4.85. The van der Waals surface area contributed by atoms with Crippen molar-refractivity contribution in [2.45, 2.75) is 0 Å². The highest BCUT2D eigenvalue weighted by atomic mass is 16.1. The molecule has 0 amide bonds. The topological polar surface area (TPSA) is 45.8 Å². The highest BCUT2D eigenvalue weighted by Gasteiger charge is 2.21. The van der Waals surface area contributed by atoms with Crippen molar-refractivity contribution in [3.63, 3.8) is 0 Å².